The Balaban J connectivity index is 2.12. The Bertz CT molecular complexity index is 938. The summed E-state index contributed by atoms with van der Waals surface area (Å²) in [5.41, 5.74) is 0.315. The van der Waals surface area contributed by atoms with Crippen molar-refractivity contribution in [3.63, 3.8) is 0 Å². The van der Waals surface area contributed by atoms with Gasteiger partial charge in [-0.05, 0) is 37.3 Å². The van der Waals surface area contributed by atoms with E-state index < -0.39 is 23.5 Å². The van der Waals surface area contributed by atoms with Crippen LogP contribution in [0.3, 0.4) is 0 Å². The second-order valence-corrected chi connectivity index (χ2v) is 6.46. The summed E-state index contributed by atoms with van der Waals surface area (Å²) in [7, 11) is 1.47. The molecule has 152 valence electrons. The predicted octanol–water partition coefficient (Wildman–Crippen LogP) is 3.29. The van der Waals surface area contributed by atoms with Gasteiger partial charge in [-0.3, -0.25) is 9.59 Å². The summed E-state index contributed by atoms with van der Waals surface area (Å²) in [6.07, 6.45) is 0. The average Bonchev–Trinajstić information content (AvgIpc) is 2.97. The van der Waals surface area contributed by atoms with Crippen LogP contribution in [0.1, 0.15) is 24.1 Å². The molecule has 1 saturated heterocycles. The van der Waals surface area contributed by atoms with Gasteiger partial charge in [0.25, 0.3) is 11.7 Å². The van der Waals surface area contributed by atoms with E-state index in [2.05, 4.69) is 0 Å². The summed E-state index contributed by atoms with van der Waals surface area (Å²) in [5, 5.41) is 10.9. The molecule has 1 aliphatic rings. The summed E-state index contributed by atoms with van der Waals surface area (Å²) >= 11 is 0. The summed E-state index contributed by atoms with van der Waals surface area (Å²) in [6, 6.07) is 11.3. The van der Waals surface area contributed by atoms with Crippen molar-refractivity contribution in [1.82, 2.24) is 4.90 Å². The molecule has 1 fully saturated rings. The van der Waals surface area contributed by atoms with Crippen LogP contribution in [0.5, 0.6) is 5.75 Å². The molecule has 0 unspecified atom stereocenters. The van der Waals surface area contributed by atoms with E-state index in [1.807, 2.05) is 6.92 Å². The molecule has 1 aliphatic heterocycles. The second kappa shape index (κ2) is 8.87. The van der Waals surface area contributed by atoms with Gasteiger partial charge >= 0.3 is 0 Å². The number of rotatable bonds is 7. The van der Waals surface area contributed by atoms with E-state index in [-0.39, 0.29) is 30.0 Å². The number of aliphatic hydroxyl groups is 1. The average molecular weight is 399 g/mol. The van der Waals surface area contributed by atoms with E-state index in [1.54, 1.807) is 30.3 Å². The smallest absolute Gasteiger partial charge is 0.295 e. The molecule has 0 aliphatic carbocycles. The number of benzene rings is 2. The fraction of sp³-hybridized carbons (Fsp3) is 0.273. The molecule has 0 radical (unpaired) electrons. The molecule has 1 amide bonds. The SMILES string of the molecule is CCOc1ccc(/C(O)=C2\C(=O)C(=O)N(CCOC)[C@H]2c2ccccc2F)cc1. The number of Topliss-reactive ketones (excluding diaryl/α,β-unsaturated/α-hetero) is 1. The van der Waals surface area contributed by atoms with Gasteiger partial charge in [0, 0.05) is 24.8 Å². The largest absolute Gasteiger partial charge is 0.507 e. The normalized spacial score (nSPS) is 18.3. The number of hydrogen-bond donors (Lipinski definition) is 1. The minimum absolute atomic E-state index is 0.0835. The maximum atomic E-state index is 14.6. The molecule has 29 heavy (non-hydrogen) atoms. The fourth-order valence-corrected chi connectivity index (χ4v) is 3.35. The van der Waals surface area contributed by atoms with Gasteiger partial charge in [0.1, 0.15) is 17.3 Å². The maximum Gasteiger partial charge on any atom is 0.295 e. The van der Waals surface area contributed by atoms with Crippen LogP contribution < -0.4 is 4.74 Å². The summed E-state index contributed by atoms with van der Waals surface area (Å²) in [4.78, 5) is 26.6. The fourth-order valence-electron chi connectivity index (χ4n) is 3.35. The van der Waals surface area contributed by atoms with Crippen LogP contribution in [0.2, 0.25) is 0 Å². The molecule has 1 atom stereocenters. The van der Waals surface area contributed by atoms with Crippen LogP contribution in [0.4, 0.5) is 4.39 Å². The third-order valence-corrected chi connectivity index (χ3v) is 4.71. The summed E-state index contributed by atoms with van der Waals surface area (Å²) < 4.78 is 25.0. The Morgan fingerprint density at radius 1 is 1.14 bits per heavy atom. The van der Waals surface area contributed by atoms with Crippen LogP contribution in [-0.4, -0.2) is 48.6 Å². The van der Waals surface area contributed by atoms with Gasteiger partial charge in [-0.2, -0.15) is 0 Å². The van der Waals surface area contributed by atoms with Gasteiger partial charge in [0.2, 0.25) is 0 Å². The Labute approximate surface area is 168 Å². The first-order valence-electron chi connectivity index (χ1n) is 9.24. The Morgan fingerprint density at radius 3 is 2.45 bits per heavy atom. The molecule has 6 nitrogen and oxygen atoms in total. The molecule has 0 bridgehead atoms. The Kier molecular flexibility index (Phi) is 6.29. The third kappa shape index (κ3) is 4.00. The molecule has 7 heteroatoms. The van der Waals surface area contributed by atoms with E-state index in [9.17, 15) is 19.1 Å². The topological polar surface area (TPSA) is 76.1 Å². The van der Waals surface area contributed by atoms with Crippen molar-refractivity contribution in [3.8, 4) is 5.75 Å². The van der Waals surface area contributed by atoms with Crippen molar-refractivity contribution in [2.75, 3.05) is 26.9 Å². The van der Waals surface area contributed by atoms with Crippen LogP contribution >= 0.6 is 0 Å². The number of methoxy groups -OCH3 is 1. The summed E-state index contributed by atoms with van der Waals surface area (Å²) in [6.45, 7) is 2.59. The predicted molar refractivity (Wildman–Crippen MR) is 105 cm³/mol. The highest BCUT2D eigenvalue weighted by Gasteiger charge is 2.46. The zero-order chi connectivity index (χ0) is 21.0. The van der Waals surface area contributed by atoms with Gasteiger partial charge in [0.05, 0.1) is 24.8 Å². The molecule has 2 aromatic rings. The number of carbonyl (C=O) groups is 2. The van der Waals surface area contributed by atoms with Gasteiger partial charge < -0.3 is 19.5 Å². The van der Waals surface area contributed by atoms with Crippen molar-refractivity contribution in [1.29, 1.82) is 0 Å². The van der Waals surface area contributed by atoms with E-state index in [0.717, 1.165) is 0 Å². The Hall–Kier alpha value is -3.19. The highest BCUT2D eigenvalue weighted by Crippen LogP contribution is 2.40. The monoisotopic (exact) mass is 399 g/mol. The highest BCUT2D eigenvalue weighted by molar-refractivity contribution is 6.46. The van der Waals surface area contributed by atoms with E-state index >= 15 is 0 Å². The molecule has 0 saturated carbocycles. The number of carbonyl (C=O) groups excluding carboxylic acids is 2. The molecular formula is C22H22FNO5. The van der Waals surface area contributed by atoms with Crippen molar-refractivity contribution < 1.29 is 28.6 Å². The van der Waals surface area contributed by atoms with E-state index in [4.69, 9.17) is 9.47 Å². The molecule has 3 rings (SSSR count). The number of likely N-dealkylation sites (tertiary alicyclic amines) is 1. The lowest BCUT2D eigenvalue weighted by Crippen LogP contribution is -2.33. The number of amides is 1. The van der Waals surface area contributed by atoms with E-state index in [0.29, 0.717) is 17.9 Å². The second-order valence-electron chi connectivity index (χ2n) is 6.46. The zero-order valence-electron chi connectivity index (χ0n) is 16.2. The van der Waals surface area contributed by atoms with E-state index in [1.165, 1.54) is 30.2 Å². The van der Waals surface area contributed by atoms with Crippen LogP contribution in [-0.2, 0) is 14.3 Å². The maximum absolute atomic E-state index is 14.6. The molecule has 1 N–H and O–H groups in total. The van der Waals surface area contributed by atoms with Crippen molar-refractivity contribution in [3.05, 3.63) is 71.0 Å². The molecular weight excluding hydrogens is 377 g/mol. The van der Waals surface area contributed by atoms with Crippen LogP contribution in [0.15, 0.2) is 54.1 Å². The quantitative estimate of drug-likeness (QED) is 0.439. The number of halogens is 1. The lowest BCUT2D eigenvalue weighted by Gasteiger charge is -2.25. The number of aliphatic hydroxyl groups excluding tert-OH is 1. The first-order valence-corrected chi connectivity index (χ1v) is 9.24. The zero-order valence-corrected chi connectivity index (χ0v) is 16.2. The molecule has 0 spiro atoms. The Morgan fingerprint density at radius 2 is 1.83 bits per heavy atom. The number of ketones is 1. The van der Waals surface area contributed by atoms with Gasteiger partial charge in [-0.1, -0.05) is 18.2 Å². The summed E-state index contributed by atoms with van der Waals surface area (Å²) in [5.74, 6) is -1.99. The molecule has 1 heterocycles. The first kappa shape index (κ1) is 20.5. The van der Waals surface area contributed by atoms with Gasteiger partial charge in [-0.25, -0.2) is 4.39 Å². The number of nitrogens with zero attached hydrogens (tertiary/aromatic N) is 1. The van der Waals surface area contributed by atoms with Gasteiger partial charge in [0.15, 0.2) is 0 Å². The molecule has 0 aromatic heterocycles. The standard InChI is InChI=1S/C22H22FNO5/c1-3-29-15-10-8-14(9-11-15)20(25)18-19(16-6-4-5-7-17(16)23)24(12-13-28-2)22(27)21(18)26/h4-11,19,25H,3,12-13H2,1-2H3/b20-18+/t19-/m0/s1. The van der Waals surface area contributed by atoms with Gasteiger partial charge in [-0.15, -0.1) is 0 Å². The minimum atomic E-state index is -1.04. The van der Waals surface area contributed by atoms with Crippen LogP contribution in [0, 0.1) is 5.82 Å². The van der Waals surface area contributed by atoms with Crippen molar-refractivity contribution >= 4 is 17.4 Å². The lowest BCUT2D eigenvalue weighted by molar-refractivity contribution is -0.140. The molecule has 2 aromatic carbocycles. The minimum Gasteiger partial charge on any atom is -0.507 e. The van der Waals surface area contributed by atoms with Crippen LogP contribution in [0.25, 0.3) is 5.76 Å². The highest BCUT2D eigenvalue weighted by atomic mass is 19.1. The van der Waals surface area contributed by atoms with Crippen molar-refractivity contribution in [2.45, 2.75) is 13.0 Å². The third-order valence-electron chi connectivity index (χ3n) is 4.71. The van der Waals surface area contributed by atoms with Crippen molar-refractivity contribution in [2.24, 2.45) is 0 Å². The lowest BCUT2D eigenvalue weighted by atomic mass is 9.95. The number of ether oxygens (including phenoxy) is 2. The number of hydrogen-bond acceptors (Lipinski definition) is 5. The first-order chi connectivity index (χ1) is 14.0.